The van der Waals surface area contributed by atoms with Crippen molar-refractivity contribution in [2.75, 3.05) is 13.1 Å². The monoisotopic (exact) mass is 425 g/mol. The Balaban J connectivity index is 1.39. The van der Waals surface area contributed by atoms with E-state index in [1.54, 1.807) is 31.2 Å². The first-order valence-corrected chi connectivity index (χ1v) is 9.89. The third-order valence-corrected chi connectivity index (χ3v) is 5.40. The van der Waals surface area contributed by atoms with Crippen molar-refractivity contribution in [3.63, 3.8) is 0 Å². The number of imide groups is 1. The molecule has 4 rings (SSSR count). The first-order chi connectivity index (χ1) is 14.4. The summed E-state index contributed by atoms with van der Waals surface area (Å²) in [7, 11) is 0. The number of nitrogens with zero attached hydrogens (tertiary/aromatic N) is 1. The number of para-hydroxylation sites is 1. The van der Waals surface area contributed by atoms with Crippen molar-refractivity contribution in [1.82, 2.24) is 15.5 Å². The Morgan fingerprint density at radius 1 is 1.17 bits per heavy atom. The summed E-state index contributed by atoms with van der Waals surface area (Å²) in [6, 6.07) is 15.8. The second-order valence-electron chi connectivity index (χ2n) is 7.32. The molecule has 30 heavy (non-hydrogen) atoms. The Bertz CT molecular complexity index is 1090. The molecule has 1 fully saturated rings. The molecular weight excluding hydrogens is 406 g/mol. The predicted octanol–water partition coefficient (Wildman–Crippen LogP) is 3.21. The molecule has 0 spiro atoms. The summed E-state index contributed by atoms with van der Waals surface area (Å²) in [5.41, 5.74) is 0.279. The summed E-state index contributed by atoms with van der Waals surface area (Å²) >= 11 is 5.86. The number of halogens is 1. The second kappa shape index (κ2) is 7.84. The van der Waals surface area contributed by atoms with Crippen molar-refractivity contribution in [3.8, 4) is 0 Å². The smallest absolute Gasteiger partial charge is 0.325 e. The number of nitrogens with one attached hydrogen (secondary N) is 2. The van der Waals surface area contributed by atoms with Crippen LogP contribution in [0, 0.1) is 0 Å². The highest BCUT2D eigenvalue weighted by Crippen LogP contribution is 2.32. The highest BCUT2D eigenvalue weighted by molar-refractivity contribution is 6.30. The summed E-state index contributed by atoms with van der Waals surface area (Å²) in [6.45, 7) is 1.59. The zero-order chi connectivity index (χ0) is 21.3. The van der Waals surface area contributed by atoms with Gasteiger partial charge >= 0.3 is 6.03 Å². The van der Waals surface area contributed by atoms with Crippen LogP contribution in [0.2, 0.25) is 5.02 Å². The number of amides is 4. The zero-order valence-electron chi connectivity index (χ0n) is 16.3. The standard InChI is InChI=1S/C22H20ClN3O4/c1-22(18-12-15-4-2-3-5-17(15)30-18)20(28)26(21(29)25-22)13-19(27)24-11-10-14-6-8-16(23)9-7-14/h2-9,12H,10-11,13H2,1H3,(H,24,27)(H,25,29). The molecular formula is C22H20ClN3O4. The summed E-state index contributed by atoms with van der Waals surface area (Å²) in [5, 5.41) is 6.86. The number of carbonyl (C=O) groups is 3. The van der Waals surface area contributed by atoms with E-state index in [0.29, 0.717) is 29.3 Å². The Morgan fingerprint density at radius 3 is 2.63 bits per heavy atom. The van der Waals surface area contributed by atoms with Gasteiger partial charge in [0.15, 0.2) is 5.54 Å². The van der Waals surface area contributed by atoms with Crippen LogP contribution in [0.5, 0.6) is 0 Å². The van der Waals surface area contributed by atoms with Crippen molar-refractivity contribution in [1.29, 1.82) is 0 Å². The van der Waals surface area contributed by atoms with Gasteiger partial charge in [-0.15, -0.1) is 0 Å². The quantitative estimate of drug-likeness (QED) is 0.593. The van der Waals surface area contributed by atoms with Crippen LogP contribution in [-0.2, 0) is 21.5 Å². The lowest BCUT2D eigenvalue weighted by Gasteiger charge is -2.18. The largest absolute Gasteiger partial charge is 0.458 e. The fourth-order valence-corrected chi connectivity index (χ4v) is 3.56. The van der Waals surface area contributed by atoms with Gasteiger partial charge < -0.3 is 15.1 Å². The van der Waals surface area contributed by atoms with Crippen LogP contribution in [-0.4, -0.2) is 35.8 Å². The van der Waals surface area contributed by atoms with E-state index in [2.05, 4.69) is 10.6 Å². The average Bonchev–Trinajstić information content (AvgIpc) is 3.25. The van der Waals surface area contributed by atoms with E-state index in [-0.39, 0.29) is 6.54 Å². The van der Waals surface area contributed by atoms with Crippen LogP contribution in [0.25, 0.3) is 11.0 Å². The van der Waals surface area contributed by atoms with E-state index >= 15 is 0 Å². The van der Waals surface area contributed by atoms with Crippen LogP contribution in [0.4, 0.5) is 4.79 Å². The lowest BCUT2D eigenvalue weighted by molar-refractivity contribution is -0.135. The van der Waals surface area contributed by atoms with Gasteiger partial charge in [0, 0.05) is 17.0 Å². The Morgan fingerprint density at radius 2 is 1.90 bits per heavy atom. The lowest BCUT2D eigenvalue weighted by Crippen LogP contribution is -2.43. The highest BCUT2D eigenvalue weighted by atomic mass is 35.5. The molecule has 8 heteroatoms. The van der Waals surface area contributed by atoms with Crippen molar-refractivity contribution in [2.24, 2.45) is 0 Å². The van der Waals surface area contributed by atoms with Gasteiger partial charge in [0.1, 0.15) is 17.9 Å². The average molecular weight is 426 g/mol. The van der Waals surface area contributed by atoms with E-state index in [1.165, 1.54) is 0 Å². The Labute approximate surface area is 178 Å². The molecule has 2 heterocycles. The number of carbonyl (C=O) groups excluding carboxylic acids is 3. The Hall–Kier alpha value is -3.32. The zero-order valence-corrected chi connectivity index (χ0v) is 17.0. The SMILES string of the molecule is CC1(c2cc3ccccc3o2)NC(=O)N(CC(=O)NCCc2ccc(Cl)cc2)C1=O. The lowest BCUT2D eigenvalue weighted by atomic mass is 9.99. The minimum atomic E-state index is -1.36. The molecule has 2 aromatic carbocycles. The van der Waals surface area contributed by atoms with Gasteiger partial charge in [0.05, 0.1) is 0 Å². The molecule has 1 saturated heterocycles. The molecule has 0 radical (unpaired) electrons. The van der Waals surface area contributed by atoms with E-state index in [9.17, 15) is 14.4 Å². The highest BCUT2D eigenvalue weighted by Gasteiger charge is 2.51. The molecule has 1 aliphatic rings. The van der Waals surface area contributed by atoms with E-state index in [4.69, 9.17) is 16.0 Å². The molecule has 154 valence electrons. The number of fused-ring (bicyclic) bond motifs is 1. The minimum absolute atomic E-state index is 0.327. The van der Waals surface area contributed by atoms with E-state index in [1.807, 2.05) is 30.3 Å². The van der Waals surface area contributed by atoms with Crippen molar-refractivity contribution in [2.45, 2.75) is 18.9 Å². The molecule has 1 aliphatic heterocycles. The predicted molar refractivity (Wildman–Crippen MR) is 112 cm³/mol. The van der Waals surface area contributed by atoms with Crippen LogP contribution < -0.4 is 10.6 Å². The summed E-state index contributed by atoms with van der Waals surface area (Å²) < 4.78 is 5.78. The Kier molecular flexibility index (Phi) is 5.22. The van der Waals surface area contributed by atoms with Crippen molar-refractivity contribution < 1.29 is 18.8 Å². The van der Waals surface area contributed by atoms with E-state index in [0.717, 1.165) is 15.8 Å². The maximum atomic E-state index is 13.0. The van der Waals surface area contributed by atoms with Gasteiger partial charge in [-0.05, 0) is 43.2 Å². The second-order valence-corrected chi connectivity index (χ2v) is 7.76. The van der Waals surface area contributed by atoms with Crippen LogP contribution in [0.15, 0.2) is 59.0 Å². The normalized spacial score (nSPS) is 18.7. The van der Waals surface area contributed by atoms with Gasteiger partial charge in [-0.25, -0.2) is 4.79 Å². The minimum Gasteiger partial charge on any atom is -0.458 e. The molecule has 3 aromatic rings. The summed E-state index contributed by atoms with van der Waals surface area (Å²) in [5.74, 6) is -0.617. The van der Waals surface area contributed by atoms with Gasteiger partial charge in [-0.3, -0.25) is 14.5 Å². The van der Waals surface area contributed by atoms with Crippen LogP contribution in [0.1, 0.15) is 18.2 Å². The fraction of sp³-hybridized carbons (Fsp3) is 0.227. The molecule has 1 aromatic heterocycles. The van der Waals surface area contributed by atoms with Crippen LogP contribution in [0.3, 0.4) is 0 Å². The number of hydrogen-bond acceptors (Lipinski definition) is 4. The van der Waals surface area contributed by atoms with Gasteiger partial charge in [0.2, 0.25) is 5.91 Å². The molecule has 4 amide bonds. The third kappa shape index (κ3) is 3.76. The maximum Gasteiger partial charge on any atom is 0.325 e. The number of benzene rings is 2. The fourth-order valence-electron chi connectivity index (χ4n) is 3.43. The molecule has 0 saturated carbocycles. The first kappa shape index (κ1) is 20.0. The third-order valence-electron chi connectivity index (χ3n) is 5.14. The number of hydrogen-bond donors (Lipinski definition) is 2. The topological polar surface area (TPSA) is 91.7 Å². The molecule has 0 aliphatic carbocycles. The summed E-state index contributed by atoms with van der Waals surface area (Å²) in [6.07, 6.45) is 0.611. The number of rotatable bonds is 6. The number of urea groups is 1. The van der Waals surface area contributed by atoms with Crippen molar-refractivity contribution in [3.05, 3.63) is 70.9 Å². The maximum absolute atomic E-state index is 13.0. The van der Waals surface area contributed by atoms with Gasteiger partial charge in [0.25, 0.3) is 5.91 Å². The first-order valence-electron chi connectivity index (χ1n) is 9.51. The van der Waals surface area contributed by atoms with Crippen molar-refractivity contribution >= 4 is 40.4 Å². The molecule has 0 bridgehead atoms. The molecule has 2 N–H and O–H groups in total. The van der Waals surface area contributed by atoms with E-state index < -0.39 is 23.4 Å². The molecule has 7 nitrogen and oxygen atoms in total. The number of furan rings is 1. The van der Waals surface area contributed by atoms with Gasteiger partial charge in [-0.1, -0.05) is 41.9 Å². The molecule has 1 atom stereocenters. The molecule has 1 unspecified atom stereocenters. The summed E-state index contributed by atoms with van der Waals surface area (Å²) in [4.78, 5) is 38.6. The van der Waals surface area contributed by atoms with Gasteiger partial charge in [-0.2, -0.15) is 0 Å². The van der Waals surface area contributed by atoms with Crippen LogP contribution >= 0.6 is 11.6 Å².